The Bertz CT molecular complexity index is 398. The molecular formula is C9H13NO2. The second kappa shape index (κ2) is 4.62. The molecular weight excluding hydrogens is 154 g/mol. The first-order valence-corrected chi connectivity index (χ1v) is 3.51. The maximum Gasteiger partial charge on any atom is 0.161 e. The number of para-hydroxylation sites is 2. The van der Waals surface area contributed by atoms with E-state index in [4.69, 9.17) is 20.7 Å². The van der Waals surface area contributed by atoms with Crippen molar-refractivity contribution in [2.45, 2.75) is 0 Å². The van der Waals surface area contributed by atoms with Crippen molar-refractivity contribution < 1.29 is 15.0 Å². The smallest absolute Gasteiger partial charge is 0.161 e. The summed E-state index contributed by atoms with van der Waals surface area (Å²) in [6.45, 7) is 0.421. The SMILES string of the molecule is [2H]c1c([2H])c([2H])c(OCCN)c(OC)c1[2H]. The lowest BCUT2D eigenvalue weighted by atomic mass is 10.3. The molecule has 0 saturated heterocycles. The minimum absolute atomic E-state index is 0.000509. The molecule has 0 aliphatic heterocycles. The Kier molecular flexibility index (Phi) is 1.82. The van der Waals surface area contributed by atoms with Crippen molar-refractivity contribution in [3.63, 3.8) is 0 Å². The van der Waals surface area contributed by atoms with Gasteiger partial charge < -0.3 is 15.2 Å². The number of rotatable bonds is 4. The lowest BCUT2D eigenvalue weighted by molar-refractivity contribution is 0.302. The van der Waals surface area contributed by atoms with E-state index in [1.807, 2.05) is 0 Å². The highest BCUT2D eigenvalue weighted by molar-refractivity contribution is 5.39. The average molecular weight is 171 g/mol. The maximum atomic E-state index is 7.62. The number of hydrogen-bond acceptors (Lipinski definition) is 3. The number of benzene rings is 1. The zero-order valence-electron chi connectivity index (χ0n) is 10.8. The van der Waals surface area contributed by atoms with Crippen LogP contribution in [0, 0.1) is 0 Å². The van der Waals surface area contributed by atoms with Crippen LogP contribution in [0.4, 0.5) is 0 Å². The van der Waals surface area contributed by atoms with Gasteiger partial charge in [-0.25, -0.2) is 0 Å². The van der Waals surface area contributed by atoms with E-state index < -0.39 is 0 Å². The third-order valence-electron chi connectivity index (χ3n) is 1.19. The fourth-order valence-corrected chi connectivity index (χ4v) is 0.696. The molecule has 0 bridgehead atoms. The number of nitrogens with two attached hydrogens (primary N) is 1. The van der Waals surface area contributed by atoms with E-state index in [0.717, 1.165) is 0 Å². The van der Waals surface area contributed by atoms with Crippen LogP contribution in [0.1, 0.15) is 5.48 Å². The van der Waals surface area contributed by atoms with E-state index in [-0.39, 0.29) is 48.8 Å². The van der Waals surface area contributed by atoms with Crippen LogP contribution in [0.15, 0.2) is 24.2 Å². The Balaban J connectivity index is 3.33. The molecule has 2 N–H and O–H groups in total. The first-order chi connectivity index (χ1) is 7.54. The molecule has 0 unspecified atom stereocenters. The van der Waals surface area contributed by atoms with Gasteiger partial charge in [0.2, 0.25) is 0 Å². The van der Waals surface area contributed by atoms with E-state index in [0.29, 0.717) is 0 Å². The molecule has 0 radical (unpaired) electrons. The highest BCUT2D eigenvalue weighted by atomic mass is 16.5. The molecule has 1 aromatic carbocycles. The molecule has 3 nitrogen and oxygen atoms in total. The molecule has 0 saturated carbocycles. The molecule has 0 atom stereocenters. The summed E-state index contributed by atoms with van der Waals surface area (Å²) in [6, 6.07) is -1.21. The lowest BCUT2D eigenvalue weighted by Crippen LogP contribution is -2.10. The fraction of sp³-hybridized carbons (Fsp3) is 0.333. The van der Waals surface area contributed by atoms with Crippen LogP contribution in [-0.2, 0) is 0 Å². The Morgan fingerprint density at radius 2 is 2.08 bits per heavy atom. The Hall–Kier alpha value is -1.22. The first-order valence-electron chi connectivity index (χ1n) is 5.51. The highest BCUT2D eigenvalue weighted by Gasteiger charge is 2.00. The van der Waals surface area contributed by atoms with E-state index in [9.17, 15) is 0 Å². The summed E-state index contributed by atoms with van der Waals surface area (Å²) in [5.74, 6) is -0.00148. The maximum absolute atomic E-state index is 7.62. The van der Waals surface area contributed by atoms with Crippen molar-refractivity contribution in [3.8, 4) is 11.5 Å². The Morgan fingerprint density at radius 3 is 2.67 bits per heavy atom. The van der Waals surface area contributed by atoms with E-state index >= 15 is 0 Å². The van der Waals surface area contributed by atoms with Crippen LogP contribution in [0.5, 0.6) is 11.5 Å². The summed E-state index contributed by atoms with van der Waals surface area (Å²) in [5, 5.41) is 0. The minimum Gasteiger partial charge on any atom is -0.493 e. The van der Waals surface area contributed by atoms with E-state index in [1.54, 1.807) is 0 Å². The van der Waals surface area contributed by atoms with Gasteiger partial charge in [-0.05, 0) is 12.1 Å². The first kappa shape index (κ1) is 4.72. The monoisotopic (exact) mass is 171 g/mol. The number of hydrogen-bond donors (Lipinski definition) is 1. The summed E-state index contributed by atoms with van der Waals surface area (Å²) in [7, 11) is 1.32. The van der Waals surface area contributed by atoms with Gasteiger partial charge in [0.25, 0.3) is 0 Å². The average Bonchev–Trinajstić information content (AvgIpc) is 2.29. The van der Waals surface area contributed by atoms with E-state index in [1.165, 1.54) is 7.11 Å². The lowest BCUT2D eigenvalue weighted by Gasteiger charge is -2.08. The van der Waals surface area contributed by atoms with Crippen LogP contribution in [0.2, 0.25) is 0 Å². The predicted molar refractivity (Wildman–Crippen MR) is 47.5 cm³/mol. The molecule has 1 rings (SSSR count). The summed E-state index contributed by atoms with van der Waals surface area (Å²) in [6.07, 6.45) is 0. The number of ether oxygens (including phenoxy) is 2. The van der Waals surface area contributed by atoms with Crippen LogP contribution < -0.4 is 15.2 Å². The molecule has 12 heavy (non-hydrogen) atoms. The molecule has 0 heterocycles. The second-order valence-corrected chi connectivity index (χ2v) is 2.00. The topological polar surface area (TPSA) is 44.5 Å². The van der Waals surface area contributed by atoms with Gasteiger partial charge in [0.05, 0.1) is 12.6 Å². The molecule has 0 aliphatic rings. The van der Waals surface area contributed by atoms with Crippen molar-refractivity contribution in [3.05, 3.63) is 24.2 Å². The normalized spacial score (nSPS) is 14.2. The summed E-state index contributed by atoms with van der Waals surface area (Å²) in [5.41, 5.74) is 5.27. The van der Waals surface area contributed by atoms with Crippen molar-refractivity contribution in [1.82, 2.24) is 0 Å². The number of methoxy groups -OCH3 is 1. The molecule has 0 fully saturated rings. The van der Waals surface area contributed by atoms with Crippen molar-refractivity contribution in [1.29, 1.82) is 0 Å². The molecule has 66 valence electrons. The zero-order chi connectivity index (χ0) is 12.3. The molecule has 3 heteroatoms. The predicted octanol–water partition coefficient (Wildman–Crippen LogP) is 1.03. The molecule has 0 aromatic heterocycles. The second-order valence-electron chi connectivity index (χ2n) is 2.00. The van der Waals surface area contributed by atoms with Crippen LogP contribution in [0.25, 0.3) is 0 Å². The fourth-order valence-electron chi connectivity index (χ4n) is 0.696. The van der Waals surface area contributed by atoms with Crippen LogP contribution in [0.3, 0.4) is 0 Å². The standard InChI is InChI=1S/C9H13NO2/c1-11-8-4-2-3-5-9(8)12-7-6-10/h2-5H,6-7,10H2,1H3/i2D,3D,4D,5D. The molecule has 1 aromatic rings. The van der Waals surface area contributed by atoms with Gasteiger partial charge in [-0.2, -0.15) is 0 Å². The van der Waals surface area contributed by atoms with Gasteiger partial charge in [-0.15, -0.1) is 0 Å². The highest BCUT2D eigenvalue weighted by Crippen LogP contribution is 2.25. The van der Waals surface area contributed by atoms with E-state index in [2.05, 4.69) is 0 Å². The molecule has 0 aliphatic carbocycles. The van der Waals surface area contributed by atoms with Gasteiger partial charge in [0, 0.05) is 6.54 Å². The third kappa shape index (κ3) is 2.13. The van der Waals surface area contributed by atoms with Crippen LogP contribution >= 0.6 is 0 Å². The van der Waals surface area contributed by atoms with Gasteiger partial charge in [0.15, 0.2) is 11.5 Å². The van der Waals surface area contributed by atoms with Gasteiger partial charge in [-0.1, -0.05) is 12.1 Å². The van der Waals surface area contributed by atoms with Crippen molar-refractivity contribution >= 4 is 0 Å². The van der Waals surface area contributed by atoms with Crippen molar-refractivity contribution in [2.75, 3.05) is 20.3 Å². The molecule has 0 spiro atoms. The van der Waals surface area contributed by atoms with Gasteiger partial charge in [-0.3, -0.25) is 0 Å². The third-order valence-corrected chi connectivity index (χ3v) is 1.19. The van der Waals surface area contributed by atoms with Crippen molar-refractivity contribution in [2.24, 2.45) is 5.73 Å². The van der Waals surface area contributed by atoms with Gasteiger partial charge in [0.1, 0.15) is 6.61 Å². The summed E-state index contributed by atoms with van der Waals surface area (Å²) in [4.78, 5) is 0. The zero-order valence-corrected chi connectivity index (χ0v) is 6.81. The quantitative estimate of drug-likeness (QED) is 0.736. The summed E-state index contributed by atoms with van der Waals surface area (Å²) < 4.78 is 40.2. The van der Waals surface area contributed by atoms with Crippen LogP contribution in [-0.4, -0.2) is 20.3 Å². The summed E-state index contributed by atoms with van der Waals surface area (Å²) >= 11 is 0. The minimum atomic E-state index is -0.349. The largest absolute Gasteiger partial charge is 0.493 e. The Morgan fingerprint density at radius 1 is 1.42 bits per heavy atom. The van der Waals surface area contributed by atoms with Gasteiger partial charge >= 0.3 is 0 Å². The molecule has 0 amide bonds. The Labute approximate surface area is 77.7 Å².